The van der Waals surface area contributed by atoms with Gasteiger partial charge in [-0.25, -0.2) is 0 Å². The van der Waals surface area contributed by atoms with Crippen molar-refractivity contribution in [2.24, 2.45) is 0 Å². The van der Waals surface area contributed by atoms with E-state index in [-0.39, 0.29) is 5.43 Å². The van der Waals surface area contributed by atoms with E-state index in [1.807, 2.05) is 0 Å². The van der Waals surface area contributed by atoms with Crippen LogP contribution in [0.4, 0.5) is 0 Å². The highest BCUT2D eigenvalue weighted by molar-refractivity contribution is 5.28. The summed E-state index contributed by atoms with van der Waals surface area (Å²) in [6.45, 7) is 2.92. The standard InChI is InChI=1S/C16H24O3/c1-3-4-5-6-7-8-13-19-14-9-11-15(17)16(18-2)12-10-14/h9-12H,3-8,13H2,1-2H3. The van der Waals surface area contributed by atoms with E-state index in [2.05, 4.69) is 6.92 Å². The average Bonchev–Trinajstić information content (AvgIpc) is 2.60. The molecule has 0 aromatic heterocycles. The van der Waals surface area contributed by atoms with Crippen molar-refractivity contribution in [3.8, 4) is 11.5 Å². The van der Waals surface area contributed by atoms with Crippen LogP contribution in [0.3, 0.4) is 0 Å². The van der Waals surface area contributed by atoms with Gasteiger partial charge in [0.25, 0.3) is 0 Å². The van der Waals surface area contributed by atoms with Gasteiger partial charge in [0.2, 0.25) is 5.43 Å². The Morgan fingerprint density at radius 2 is 1.63 bits per heavy atom. The first-order valence-corrected chi connectivity index (χ1v) is 7.09. The van der Waals surface area contributed by atoms with Crippen molar-refractivity contribution in [1.29, 1.82) is 0 Å². The molecule has 0 saturated carbocycles. The summed E-state index contributed by atoms with van der Waals surface area (Å²) in [4.78, 5) is 11.5. The lowest BCUT2D eigenvalue weighted by Crippen LogP contribution is -1.99. The minimum Gasteiger partial charge on any atom is -0.494 e. The minimum atomic E-state index is -0.128. The highest BCUT2D eigenvalue weighted by atomic mass is 16.5. The summed E-state index contributed by atoms with van der Waals surface area (Å²) in [6.07, 6.45) is 7.45. The number of hydrogen-bond acceptors (Lipinski definition) is 3. The molecule has 19 heavy (non-hydrogen) atoms. The molecule has 0 unspecified atom stereocenters. The average molecular weight is 264 g/mol. The van der Waals surface area contributed by atoms with Crippen LogP contribution in [0.2, 0.25) is 0 Å². The van der Waals surface area contributed by atoms with E-state index in [0.717, 1.165) is 6.42 Å². The Hall–Kier alpha value is -1.51. The first kappa shape index (κ1) is 15.5. The molecular weight excluding hydrogens is 240 g/mol. The lowest BCUT2D eigenvalue weighted by molar-refractivity contribution is 0.304. The lowest BCUT2D eigenvalue weighted by Gasteiger charge is -2.04. The van der Waals surface area contributed by atoms with E-state index in [4.69, 9.17) is 9.47 Å². The Morgan fingerprint density at radius 1 is 0.947 bits per heavy atom. The fourth-order valence-corrected chi connectivity index (χ4v) is 1.87. The van der Waals surface area contributed by atoms with Gasteiger partial charge in [-0.05, 0) is 30.7 Å². The summed E-state index contributed by atoms with van der Waals surface area (Å²) >= 11 is 0. The maximum Gasteiger partial charge on any atom is 0.220 e. The van der Waals surface area contributed by atoms with Crippen LogP contribution in [0.25, 0.3) is 0 Å². The maximum absolute atomic E-state index is 11.5. The summed E-state index contributed by atoms with van der Waals surface area (Å²) < 4.78 is 10.6. The van der Waals surface area contributed by atoms with Crippen LogP contribution in [0, 0.1) is 0 Å². The quantitative estimate of drug-likeness (QED) is 0.636. The number of unbranched alkanes of at least 4 members (excludes halogenated alkanes) is 5. The van der Waals surface area contributed by atoms with Crippen LogP contribution >= 0.6 is 0 Å². The summed E-state index contributed by atoms with van der Waals surface area (Å²) in [5.74, 6) is 1.06. The normalized spacial score (nSPS) is 10.2. The van der Waals surface area contributed by atoms with Crippen LogP contribution in [0.1, 0.15) is 45.4 Å². The van der Waals surface area contributed by atoms with Gasteiger partial charge in [0.15, 0.2) is 5.75 Å². The second kappa shape index (κ2) is 9.42. The number of ether oxygens (including phenoxy) is 2. The molecule has 0 atom stereocenters. The monoisotopic (exact) mass is 264 g/mol. The Kier molecular flexibility index (Phi) is 7.71. The van der Waals surface area contributed by atoms with Gasteiger partial charge >= 0.3 is 0 Å². The second-order valence-electron chi connectivity index (χ2n) is 4.62. The van der Waals surface area contributed by atoms with Gasteiger partial charge in [-0.2, -0.15) is 0 Å². The third-order valence-corrected chi connectivity index (χ3v) is 3.03. The Bertz CT molecular complexity index is 415. The zero-order chi connectivity index (χ0) is 13.9. The SMILES string of the molecule is CCCCCCCCOc1ccc(OC)c(=O)cc1. The summed E-state index contributed by atoms with van der Waals surface area (Å²) in [5, 5.41) is 0. The zero-order valence-corrected chi connectivity index (χ0v) is 12.0. The smallest absolute Gasteiger partial charge is 0.220 e. The number of methoxy groups -OCH3 is 1. The Morgan fingerprint density at radius 3 is 2.37 bits per heavy atom. The van der Waals surface area contributed by atoms with Crippen molar-refractivity contribution >= 4 is 0 Å². The lowest BCUT2D eigenvalue weighted by atomic mass is 10.1. The van der Waals surface area contributed by atoms with Gasteiger partial charge in [-0.15, -0.1) is 0 Å². The highest BCUT2D eigenvalue weighted by Crippen LogP contribution is 2.12. The summed E-state index contributed by atoms with van der Waals surface area (Å²) in [7, 11) is 1.49. The largest absolute Gasteiger partial charge is 0.494 e. The molecule has 0 spiro atoms. The first-order chi connectivity index (χ1) is 9.27. The molecule has 1 aromatic carbocycles. The van der Waals surface area contributed by atoms with E-state index < -0.39 is 0 Å². The van der Waals surface area contributed by atoms with Gasteiger partial charge < -0.3 is 9.47 Å². The van der Waals surface area contributed by atoms with Crippen LogP contribution in [-0.4, -0.2) is 13.7 Å². The molecular formula is C16H24O3. The number of hydrogen-bond donors (Lipinski definition) is 0. The van der Waals surface area contributed by atoms with E-state index in [1.54, 1.807) is 18.2 Å². The molecule has 0 aliphatic heterocycles. The van der Waals surface area contributed by atoms with Crippen LogP contribution in [-0.2, 0) is 0 Å². The van der Waals surface area contributed by atoms with Crippen molar-refractivity contribution < 1.29 is 9.47 Å². The molecule has 0 amide bonds. The molecule has 3 heteroatoms. The molecule has 3 nitrogen and oxygen atoms in total. The van der Waals surface area contributed by atoms with Gasteiger partial charge in [-0.3, -0.25) is 4.79 Å². The van der Waals surface area contributed by atoms with Gasteiger partial charge in [-0.1, -0.05) is 39.0 Å². The molecule has 106 valence electrons. The second-order valence-corrected chi connectivity index (χ2v) is 4.62. The molecule has 0 bridgehead atoms. The van der Waals surface area contributed by atoms with Gasteiger partial charge in [0, 0.05) is 0 Å². The van der Waals surface area contributed by atoms with Gasteiger partial charge in [0.05, 0.1) is 13.7 Å². The van der Waals surface area contributed by atoms with Crippen LogP contribution in [0.5, 0.6) is 11.5 Å². The molecule has 0 radical (unpaired) electrons. The summed E-state index contributed by atoms with van der Waals surface area (Å²) in [6, 6.07) is 6.60. The third kappa shape index (κ3) is 6.27. The number of rotatable bonds is 9. The fraction of sp³-hybridized carbons (Fsp3) is 0.562. The van der Waals surface area contributed by atoms with Gasteiger partial charge in [0.1, 0.15) is 5.75 Å². The summed E-state index contributed by atoms with van der Waals surface area (Å²) in [5.41, 5.74) is -0.128. The van der Waals surface area contributed by atoms with E-state index in [0.29, 0.717) is 18.1 Å². The molecule has 0 aliphatic rings. The minimum absolute atomic E-state index is 0.128. The predicted molar refractivity (Wildman–Crippen MR) is 78.1 cm³/mol. The fourth-order valence-electron chi connectivity index (χ4n) is 1.87. The van der Waals surface area contributed by atoms with Crippen LogP contribution < -0.4 is 14.9 Å². The maximum atomic E-state index is 11.5. The zero-order valence-electron chi connectivity index (χ0n) is 12.0. The third-order valence-electron chi connectivity index (χ3n) is 3.03. The van der Waals surface area contributed by atoms with Crippen molar-refractivity contribution in [2.45, 2.75) is 45.4 Å². The highest BCUT2D eigenvalue weighted by Gasteiger charge is 1.97. The molecule has 0 aliphatic carbocycles. The molecule has 1 rings (SSSR count). The van der Waals surface area contributed by atoms with Crippen molar-refractivity contribution in [3.05, 3.63) is 34.5 Å². The predicted octanol–water partition coefficient (Wildman–Crippen LogP) is 3.79. The van der Waals surface area contributed by atoms with Crippen LogP contribution in [0.15, 0.2) is 29.1 Å². The van der Waals surface area contributed by atoms with Crippen molar-refractivity contribution in [2.75, 3.05) is 13.7 Å². The van der Waals surface area contributed by atoms with E-state index >= 15 is 0 Å². The van der Waals surface area contributed by atoms with E-state index in [9.17, 15) is 4.79 Å². The molecule has 1 aromatic rings. The molecule has 0 saturated heterocycles. The molecule has 0 fully saturated rings. The van der Waals surface area contributed by atoms with Crippen molar-refractivity contribution in [1.82, 2.24) is 0 Å². The van der Waals surface area contributed by atoms with E-state index in [1.165, 1.54) is 45.3 Å². The van der Waals surface area contributed by atoms with Crippen molar-refractivity contribution in [3.63, 3.8) is 0 Å². The Labute approximate surface area is 115 Å². The first-order valence-electron chi connectivity index (χ1n) is 7.09. The molecule has 0 N–H and O–H groups in total. The Balaban J connectivity index is 2.30. The topological polar surface area (TPSA) is 35.5 Å². The molecule has 0 heterocycles.